The van der Waals surface area contributed by atoms with Crippen LogP contribution < -0.4 is 0 Å². The summed E-state index contributed by atoms with van der Waals surface area (Å²) >= 11 is 12.7. The van der Waals surface area contributed by atoms with Gasteiger partial charge >= 0.3 is 6.18 Å². The smallest absolute Gasteiger partial charge is 0.369 e. The summed E-state index contributed by atoms with van der Waals surface area (Å²) in [7, 11) is 0. The van der Waals surface area contributed by atoms with E-state index in [9.17, 15) is 13.2 Å². The van der Waals surface area contributed by atoms with Crippen molar-refractivity contribution in [3.8, 4) is 16.9 Å². The third-order valence-electron chi connectivity index (χ3n) is 6.50. The van der Waals surface area contributed by atoms with Crippen LogP contribution in [0.25, 0.3) is 16.9 Å². The van der Waals surface area contributed by atoms with Crippen LogP contribution in [0.3, 0.4) is 0 Å². The molecule has 4 nitrogen and oxygen atoms in total. The number of para-hydroxylation sites is 1. The molecule has 1 atom stereocenters. The molecule has 37 heavy (non-hydrogen) atoms. The van der Waals surface area contributed by atoms with Crippen molar-refractivity contribution in [3.63, 3.8) is 0 Å². The first-order chi connectivity index (χ1) is 17.7. The lowest BCUT2D eigenvalue weighted by Gasteiger charge is -2.32. The lowest BCUT2D eigenvalue weighted by Crippen LogP contribution is -2.38. The van der Waals surface area contributed by atoms with Crippen LogP contribution in [0.5, 0.6) is 0 Å². The van der Waals surface area contributed by atoms with Crippen LogP contribution >= 0.6 is 23.2 Å². The number of hydrogen-bond donors (Lipinski definition) is 0. The van der Waals surface area contributed by atoms with Gasteiger partial charge in [0, 0.05) is 35.8 Å². The van der Waals surface area contributed by atoms with Gasteiger partial charge < -0.3 is 4.74 Å². The number of alkyl halides is 3. The summed E-state index contributed by atoms with van der Waals surface area (Å²) in [4.78, 5) is 2.17. The molecule has 0 saturated carbocycles. The molecule has 0 amide bonds. The third kappa shape index (κ3) is 5.55. The summed E-state index contributed by atoms with van der Waals surface area (Å²) in [5.41, 5.74) is 4.51. The molecule has 0 spiro atoms. The monoisotopic (exact) mass is 545 g/mol. The summed E-state index contributed by atoms with van der Waals surface area (Å²) in [6.45, 7) is 4.25. The van der Waals surface area contributed by atoms with E-state index in [0.717, 1.165) is 45.9 Å². The third-order valence-corrected chi connectivity index (χ3v) is 7.07. The van der Waals surface area contributed by atoms with E-state index < -0.39 is 11.7 Å². The minimum Gasteiger partial charge on any atom is -0.369 e. The first-order valence-corrected chi connectivity index (χ1v) is 12.6. The van der Waals surface area contributed by atoms with E-state index in [1.54, 1.807) is 0 Å². The molecule has 2 heterocycles. The van der Waals surface area contributed by atoms with Crippen LogP contribution in [0.2, 0.25) is 10.0 Å². The van der Waals surface area contributed by atoms with Crippen molar-refractivity contribution in [3.05, 3.63) is 105 Å². The average molecular weight is 546 g/mol. The molecule has 1 unspecified atom stereocenters. The van der Waals surface area contributed by atoms with Crippen LogP contribution in [-0.4, -0.2) is 34.4 Å². The van der Waals surface area contributed by atoms with Crippen molar-refractivity contribution < 1.29 is 17.9 Å². The van der Waals surface area contributed by atoms with Gasteiger partial charge in [-0.25, -0.2) is 4.68 Å². The molecule has 1 aliphatic rings. The lowest BCUT2D eigenvalue weighted by atomic mass is 10.0. The second kappa shape index (κ2) is 10.5. The molecule has 1 fully saturated rings. The van der Waals surface area contributed by atoms with E-state index in [0.29, 0.717) is 36.3 Å². The van der Waals surface area contributed by atoms with Crippen LogP contribution in [-0.2, 0) is 17.5 Å². The standard InChI is InChI=1S/C28H24Cl2F3N3O/c1-18-26(25-17-35(14-15-37-25)16-19-6-10-21(11-7-19)28(31,32)33)34-36(24-5-3-2-4-23(24)30)27(18)20-8-12-22(29)13-9-20/h2-13,25H,14-17H2,1H3. The highest BCUT2D eigenvalue weighted by Gasteiger charge is 2.31. The van der Waals surface area contributed by atoms with Gasteiger partial charge in [-0.15, -0.1) is 0 Å². The Hall–Kier alpha value is -2.84. The molecule has 5 rings (SSSR count). The van der Waals surface area contributed by atoms with E-state index in [4.69, 9.17) is 33.0 Å². The lowest BCUT2D eigenvalue weighted by molar-refractivity contribution is -0.137. The Morgan fingerprint density at radius 1 is 0.973 bits per heavy atom. The van der Waals surface area contributed by atoms with Gasteiger partial charge in [0.05, 0.1) is 34.3 Å². The number of rotatable bonds is 5. The molecule has 0 N–H and O–H groups in total. The van der Waals surface area contributed by atoms with Gasteiger partial charge in [-0.2, -0.15) is 18.3 Å². The zero-order chi connectivity index (χ0) is 26.2. The number of aromatic nitrogens is 2. The van der Waals surface area contributed by atoms with Crippen molar-refractivity contribution in [2.45, 2.75) is 25.7 Å². The molecule has 1 aliphatic heterocycles. The molecule has 4 aromatic rings. The fourth-order valence-corrected chi connectivity index (χ4v) is 4.97. The Bertz CT molecular complexity index is 1390. The molecule has 0 bridgehead atoms. The Morgan fingerprint density at radius 3 is 2.35 bits per heavy atom. The van der Waals surface area contributed by atoms with Crippen molar-refractivity contribution in [1.82, 2.24) is 14.7 Å². The minimum absolute atomic E-state index is 0.307. The molecule has 0 aliphatic carbocycles. The van der Waals surface area contributed by atoms with Crippen molar-refractivity contribution in [1.29, 1.82) is 0 Å². The maximum Gasteiger partial charge on any atom is 0.416 e. The fourth-order valence-electron chi connectivity index (χ4n) is 4.63. The highest BCUT2D eigenvalue weighted by molar-refractivity contribution is 6.32. The Balaban J connectivity index is 1.45. The van der Waals surface area contributed by atoms with E-state index >= 15 is 0 Å². The maximum absolute atomic E-state index is 12.9. The van der Waals surface area contributed by atoms with Crippen molar-refractivity contribution in [2.75, 3.05) is 19.7 Å². The van der Waals surface area contributed by atoms with Crippen LogP contribution in [0, 0.1) is 6.92 Å². The maximum atomic E-state index is 12.9. The topological polar surface area (TPSA) is 30.3 Å². The first-order valence-electron chi connectivity index (χ1n) is 11.8. The van der Waals surface area contributed by atoms with Gasteiger partial charge in [0.1, 0.15) is 6.10 Å². The average Bonchev–Trinajstić information content (AvgIpc) is 3.21. The van der Waals surface area contributed by atoms with Gasteiger partial charge in [-0.05, 0) is 48.9 Å². The van der Waals surface area contributed by atoms with Gasteiger partial charge in [-0.3, -0.25) is 4.90 Å². The summed E-state index contributed by atoms with van der Waals surface area (Å²) in [6, 6.07) is 20.4. The second-order valence-corrected chi connectivity index (χ2v) is 9.86. The van der Waals surface area contributed by atoms with Crippen LogP contribution in [0.4, 0.5) is 13.2 Å². The number of nitrogens with zero attached hydrogens (tertiary/aromatic N) is 3. The summed E-state index contributed by atoms with van der Waals surface area (Å²) < 4.78 is 46.8. The fraction of sp³-hybridized carbons (Fsp3) is 0.250. The Labute approximate surface area is 223 Å². The number of ether oxygens (including phenoxy) is 1. The Kier molecular flexibility index (Phi) is 7.32. The zero-order valence-electron chi connectivity index (χ0n) is 20.0. The normalized spacial score (nSPS) is 16.8. The van der Waals surface area contributed by atoms with Gasteiger partial charge in [0.25, 0.3) is 0 Å². The van der Waals surface area contributed by atoms with E-state index in [-0.39, 0.29) is 6.10 Å². The number of hydrogen-bond acceptors (Lipinski definition) is 3. The summed E-state index contributed by atoms with van der Waals surface area (Å²) in [5, 5.41) is 6.17. The molecule has 1 saturated heterocycles. The van der Waals surface area contributed by atoms with Crippen LogP contribution in [0.1, 0.15) is 28.5 Å². The summed E-state index contributed by atoms with van der Waals surface area (Å²) in [5.74, 6) is 0. The highest BCUT2D eigenvalue weighted by Crippen LogP contribution is 2.36. The number of morpholine rings is 1. The van der Waals surface area contributed by atoms with Crippen molar-refractivity contribution in [2.24, 2.45) is 0 Å². The summed E-state index contributed by atoms with van der Waals surface area (Å²) in [6.07, 6.45) is -4.65. The van der Waals surface area contributed by atoms with Crippen LogP contribution in [0.15, 0.2) is 72.8 Å². The highest BCUT2D eigenvalue weighted by atomic mass is 35.5. The molecular formula is C28H24Cl2F3N3O. The minimum atomic E-state index is -4.34. The molecule has 9 heteroatoms. The molecule has 0 radical (unpaired) electrons. The molecular weight excluding hydrogens is 522 g/mol. The predicted molar refractivity (Wildman–Crippen MR) is 139 cm³/mol. The quantitative estimate of drug-likeness (QED) is 0.257. The van der Waals surface area contributed by atoms with Gasteiger partial charge in [0.15, 0.2) is 0 Å². The van der Waals surface area contributed by atoms with E-state index in [1.807, 2.05) is 60.1 Å². The number of benzene rings is 3. The zero-order valence-corrected chi connectivity index (χ0v) is 21.5. The second-order valence-electron chi connectivity index (χ2n) is 9.02. The largest absolute Gasteiger partial charge is 0.416 e. The van der Waals surface area contributed by atoms with Gasteiger partial charge in [0.2, 0.25) is 0 Å². The molecule has 192 valence electrons. The molecule has 3 aromatic carbocycles. The first kappa shape index (κ1) is 25.8. The Morgan fingerprint density at radius 2 is 1.68 bits per heavy atom. The van der Waals surface area contributed by atoms with Crippen molar-refractivity contribution >= 4 is 23.2 Å². The van der Waals surface area contributed by atoms with Gasteiger partial charge in [-0.1, -0.05) is 59.6 Å². The van der Waals surface area contributed by atoms with E-state index in [1.165, 1.54) is 12.1 Å². The predicted octanol–water partition coefficient (Wildman–Crippen LogP) is 7.75. The van der Waals surface area contributed by atoms with E-state index in [2.05, 4.69) is 4.90 Å². The molecule has 1 aromatic heterocycles. The number of halogens is 5. The SMILES string of the molecule is Cc1c(C2CN(Cc3ccc(C(F)(F)F)cc3)CCO2)nn(-c2ccccc2Cl)c1-c1ccc(Cl)cc1.